The third-order valence-electron chi connectivity index (χ3n) is 3.17. The fraction of sp³-hybridized carbons (Fsp3) is 0.500. The standard InChI is InChI=1S/C14H19NO/c1-12(16)4-5-13-6-8-14(9-7-13)15-10-2-3-11-15/h6-9H,2-5,10-11H2,1H3. The highest BCUT2D eigenvalue weighted by Gasteiger charge is 2.11. The molecule has 1 fully saturated rings. The molecule has 1 saturated heterocycles. The normalized spacial score (nSPS) is 15.4. The number of carbonyl (C=O) groups excluding carboxylic acids is 1. The predicted octanol–water partition coefficient (Wildman–Crippen LogP) is 2.81. The first kappa shape index (κ1) is 11.2. The maximum absolute atomic E-state index is 10.9. The van der Waals surface area contributed by atoms with Crippen LogP contribution in [0.5, 0.6) is 0 Å². The summed E-state index contributed by atoms with van der Waals surface area (Å²) in [4.78, 5) is 13.3. The van der Waals surface area contributed by atoms with Gasteiger partial charge < -0.3 is 9.69 Å². The molecule has 16 heavy (non-hydrogen) atoms. The highest BCUT2D eigenvalue weighted by atomic mass is 16.1. The Bertz CT molecular complexity index is 350. The summed E-state index contributed by atoms with van der Waals surface area (Å²) in [7, 11) is 0. The summed E-state index contributed by atoms with van der Waals surface area (Å²) in [6.07, 6.45) is 4.15. The summed E-state index contributed by atoms with van der Waals surface area (Å²) in [6.45, 7) is 4.03. The molecular weight excluding hydrogens is 198 g/mol. The third kappa shape index (κ3) is 2.84. The van der Waals surface area contributed by atoms with Crippen molar-refractivity contribution in [1.29, 1.82) is 0 Å². The van der Waals surface area contributed by atoms with Gasteiger partial charge in [0.1, 0.15) is 5.78 Å². The van der Waals surface area contributed by atoms with Gasteiger partial charge in [0.2, 0.25) is 0 Å². The fourth-order valence-electron chi connectivity index (χ4n) is 2.17. The van der Waals surface area contributed by atoms with Gasteiger partial charge in [0.25, 0.3) is 0 Å². The van der Waals surface area contributed by atoms with Crippen LogP contribution in [0.25, 0.3) is 0 Å². The van der Waals surface area contributed by atoms with Gasteiger partial charge in [-0.2, -0.15) is 0 Å². The minimum absolute atomic E-state index is 0.267. The SMILES string of the molecule is CC(=O)CCc1ccc(N2CCCC2)cc1. The van der Waals surface area contributed by atoms with Crippen molar-refractivity contribution in [2.45, 2.75) is 32.6 Å². The van der Waals surface area contributed by atoms with E-state index in [4.69, 9.17) is 0 Å². The average Bonchev–Trinajstić information content (AvgIpc) is 2.80. The van der Waals surface area contributed by atoms with E-state index in [-0.39, 0.29) is 5.78 Å². The van der Waals surface area contributed by atoms with E-state index < -0.39 is 0 Å². The van der Waals surface area contributed by atoms with Crippen LogP contribution in [0.1, 0.15) is 31.7 Å². The first-order valence-electron chi connectivity index (χ1n) is 6.09. The monoisotopic (exact) mass is 217 g/mol. The molecule has 0 saturated carbocycles. The minimum atomic E-state index is 0.267. The first-order valence-corrected chi connectivity index (χ1v) is 6.09. The molecule has 1 aliphatic rings. The molecule has 0 radical (unpaired) electrons. The molecule has 86 valence electrons. The van der Waals surface area contributed by atoms with Crippen LogP contribution in [0.3, 0.4) is 0 Å². The number of ketones is 1. The van der Waals surface area contributed by atoms with Crippen molar-refractivity contribution in [2.75, 3.05) is 18.0 Å². The highest BCUT2D eigenvalue weighted by molar-refractivity contribution is 5.75. The predicted molar refractivity (Wildman–Crippen MR) is 66.9 cm³/mol. The van der Waals surface area contributed by atoms with Gasteiger partial charge in [-0.1, -0.05) is 12.1 Å². The largest absolute Gasteiger partial charge is 0.372 e. The second kappa shape index (κ2) is 5.15. The quantitative estimate of drug-likeness (QED) is 0.773. The van der Waals surface area contributed by atoms with Crippen molar-refractivity contribution < 1.29 is 4.79 Å². The van der Waals surface area contributed by atoms with Crippen molar-refractivity contribution in [3.63, 3.8) is 0 Å². The van der Waals surface area contributed by atoms with E-state index >= 15 is 0 Å². The molecule has 0 aromatic heterocycles. The second-order valence-electron chi connectivity index (χ2n) is 4.56. The molecule has 0 spiro atoms. The Morgan fingerprint density at radius 2 is 1.81 bits per heavy atom. The molecule has 0 atom stereocenters. The first-order chi connectivity index (χ1) is 7.75. The maximum Gasteiger partial charge on any atom is 0.130 e. The molecule has 1 heterocycles. The van der Waals surface area contributed by atoms with Crippen LogP contribution in [-0.2, 0) is 11.2 Å². The van der Waals surface area contributed by atoms with Gasteiger partial charge in [0.05, 0.1) is 0 Å². The van der Waals surface area contributed by atoms with Gasteiger partial charge in [-0.25, -0.2) is 0 Å². The summed E-state index contributed by atoms with van der Waals surface area (Å²) < 4.78 is 0. The molecule has 1 aromatic carbocycles. The molecule has 2 rings (SSSR count). The number of carbonyl (C=O) groups is 1. The van der Waals surface area contributed by atoms with Gasteiger partial charge in [-0.05, 0) is 43.9 Å². The number of nitrogens with zero attached hydrogens (tertiary/aromatic N) is 1. The van der Waals surface area contributed by atoms with Crippen LogP contribution in [0.15, 0.2) is 24.3 Å². The van der Waals surface area contributed by atoms with Crippen LogP contribution in [0.4, 0.5) is 5.69 Å². The number of Topliss-reactive ketones (excluding diaryl/α,β-unsaturated/α-hetero) is 1. The molecule has 0 unspecified atom stereocenters. The van der Waals surface area contributed by atoms with Gasteiger partial charge in [0.15, 0.2) is 0 Å². The Hall–Kier alpha value is -1.31. The Balaban J connectivity index is 1.95. The van der Waals surface area contributed by atoms with Gasteiger partial charge in [-0.3, -0.25) is 0 Å². The van der Waals surface area contributed by atoms with Crippen molar-refractivity contribution in [3.8, 4) is 0 Å². The summed E-state index contributed by atoms with van der Waals surface area (Å²) in [5.41, 5.74) is 2.59. The smallest absolute Gasteiger partial charge is 0.130 e. The van der Waals surface area contributed by atoms with Gasteiger partial charge in [0, 0.05) is 25.2 Å². The molecule has 0 bridgehead atoms. The molecule has 0 aliphatic carbocycles. The van der Waals surface area contributed by atoms with E-state index in [9.17, 15) is 4.79 Å². The zero-order chi connectivity index (χ0) is 11.4. The molecule has 0 amide bonds. The van der Waals surface area contributed by atoms with E-state index in [2.05, 4.69) is 29.2 Å². The zero-order valence-corrected chi connectivity index (χ0v) is 9.91. The molecule has 1 aromatic rings. The zero-order valence-electron chi connectivity index (χ0n) is 9.91. The highest BCUT2D eigenvalue weighted by Crippen LogP contribution is 2.20. The van der Waals surface area contributed by atoms with Crippen molar-refractivity contribution in [3.05, 3.63) is 29.8 Å². The summed E-state index contributed by atoms with van der Waals surface area (Å²) >= 11 is 0. The second-order valence-corrected chi connectivity index (χ2v) is 4.56. The van der Waals surface area contributed by atoms with Gasteiger partial charge >= 0.3 is 0 Å². The fourth-order valence-corrected chi connectivity index (χ4v) is 2.17. The van der Waals surface area contributed by atoms with E-state index in [1.807, 2.05) is 0 Å². The third-order valence-corrected chi connectivity index (χ3v) is 3.17. The lowest BCUT2D eigenvalue weighted by Crippen LogP contribution is -2.17. The van der Waals surface area contributed by atoms with Crippen LogP contribution >= 0.6 is 0 Å². The average molecular weight is 217 g/mol. The lowest BCUT2D eigenvalue weighted by Gasteiger charge is -2.17. The Labute approximate surface area is 97.3 Å². The van der Waals surface area contributed by atoms with Crippen molar-refractivity contribution >= 4 is 11.5 Å². The van der Waals surface area contributed by atoms with E-state index in [1.165, 1.54) is 37.2 Å². The van der Waals surface area contributed by atoms with Gasteiger partial charge in [-0.15, -0.1) is 0 Å². The van der Waals surface area contributed by atoms with E-state index in [0.29, 0.717) is 6.42 Å². The van der Waals surface area contributed by atoms with Crippen LogP contribution in [0, 0.1) is 0 Å². The molecule has 2 heteroatoms. The van der Waals surface area contributed by atoms with Crippen LogP contribution < -0.4 is 4.90 Å². The number of hydrogen-bond donors (Lipinski definition) is 0. The summed E-state index contributed by atoms with van der Waals surface area (Å²) in [6, 6.07) is 8.66. The van der Waals surface area contributed by atoms with Crippen molar-refractivity contribution in [2.24, 2.45) is 0 Å². The summed E-state index contributed by atoms with van der Waals surface area (Å²) in [5, 5.41) is 0. The number of hydrogen-bond acceptors (Lipinski definition) is 2. The number of anilines is 1. The van der Waals surface area contributed by atoms with E-state index in [1.54, 1.807) is 6.92 Å². The molecular formula is C14H19NO. The molecule has 0 N–H and O–H groups in total. The van der Waals surface area contributed by atoms with E-state index in [0.717, 1.165) is 6.42 Å². The maximum atomic E-state index is 10.9. The number of rotatable bonds is 4. The Morgan fingerprint density at radius 1 is 1.19 bits per heavy atom. The Morgan fingerprint density at radius 3 is 2.38 bits per heavy atom. The Kier molecular flexibility index (Phi) is 3.60. The van der Waals surface area contributed by atoms with Crippen LogP contribution in [-0.4, -0.2) is 18.9 Å². The summed E-state index contributed by atoms with van der Waals surface area (Å²) in [5.74, 6) is 0.267. The molecule has 1 aliphatic heterocycles. The van der Waals surface area contributed by atoms with Crippen molar-refractivity contribution in [1.82, 2.24) is 0 Å². The lowest BCUT2D eigenvalue weighted by atomic mass is 10.1. The molecule has 2 nitrogen and oxygen atoms in total. The number of aryl methyl sites for hydroxylation is 1. The van der Waals surface area contributed by atoms with Crippen LogP contribution in [0.2, 0.25) is 0 Å². The lowest BCUT2D eigenvalue weighted by molar-refractivity contribution is -0.116. The number of benzene rings is 1. The minimum Gasteiger partial charge on any atom is -0.372 e. The topological polar surface area (TPSA) is 20.3 Å².